The Balaban J connectivity index is 1.80. The van der Waals surface area contributed by atoms with Crippen LogP contribution in [0.2, 0.25) is 5.02 Å². The molecule has 3 heteroatoms. The molecule has 0 spiro atoms. The Hall–Kier alpha value is -0.730. The number of nitrogens with one attached hydrogen (secondary N) is 1. The van der Waals surface area contributed by atoms with E-state index in [1.165, 1.54) is 37.9 Å². The molecule has 1 unspecified atom stereocenters. The predicted molar refractivity (Wildman–Crippen MR) is 75.0 cm³/mol. The summed E-state index contributed by atoms with van der Waals surface area (Å²) in [6, 6.07) is 8.77. The van der Waals surface area contributed by atoms with E-state index in [0.29, 0.717) is 6.04 Å². The van der Waals surface area contributed by atoms with E-state index >= 15 is 0 Å². The van der Waals surface area contributed by atoms with Gasteiger partial charge in [0.25, 0.3) is 0 Å². The van der Waals surface area contributed by atoms with Crippen molar-refractivity contribution in [1.82, 2.24) is 5.32 Å². The minimum atomic E-state index is 0.707. The van der Waals surface area contributed by atoms with Crippen LogP contribution in [0.15, 0.2) is 24.3 Å². The van der Waals surface area contributed by atoms with Gasteiger partial charge in [0.15, 0.2) is 0 Å². The average molecular weight is 253 g/mol. The van der Waals surface area contributed by atoms with Gasteiger partial charge in [-0.15, -0.1) is 0 Å². The van der Waals surface area contributed by atoms with Crippen LogP contribution in [0.1, 0.15) is 25.7 Å². The minimum Gasteiger partial charge on any atom is -0.375 e. The van der Waals surface area contributed by atoms with Crippen molar-refractivity contribution < 1.29 is 0 Å². The van der Waals surface area contributed by atoms with Crippen LogP contribution in [0.3, 0.4) is 0 Å². The molecule has 17 heavy (non-hydrogen) atoms. The van der Waals surface area contributed by atoms with E-state index in [4.69, 9.17) is 11.6 Å². The standard InChI is InChI=1S/C14H21ClN2/c1-17(14-7-5-12(15)6-8-14)11-9-13-4-2-3-10-16-13/h5-8,13,16H,2-4,9-11H2,1H3. The molecule has 0 aliphatic carbocycles. The third-order valence-electron chi connectivity index (χ3n) is 3.49. The van der Waals surface area contributed by atoms with Crippen molar-refractivity contribution in [3.8, 4) is 0 Å². The zero-order chi connectivity index (χ0) is 12.1. The molecule has 0 aromatic heterocycles. The second kappa shape index (κ2) is 6.27. The third-order valence-corrected chi connectivity index (χ3v) is 3.74. The van der Waals surface area contributed by atoms with Crippen molar-refractivity contribution in [2.45, 2.75) is 31.7 Å². The average Bonchev–Trinajstić information content (AvgIpc) is 2.38. The molecule has 1 heterocycles. The summed E-state index contributed by atoms with van der Waals surface area (Å²) in [4.78, 5) is 2.30. The van der Waals surface area contributed by atoms with Crippen LogP contribution in [-0.2, 0) is 0 Å². The Kier molecular flexibility index (Phi) is 4.69. The Morgan fingerprint density at radius 1 is 1.29 bits per heavy atom. The van der Waals surface area contributed by atoms with Crippen LogP contribution in [0.4, 0.5) is 5.69 Å². The van der Waals surface area contributed by atoms with Gasteiger partial charge in [-0.25, -0.2) is 0 Å². The lowest BCUT2D eigenvalue weighted by Crippen LogP contribution is -2.36. The number of rotatable bonds is 4. The quantitative estimate of drug-likeness (QED) is 0.885. The smallest absolute Gasteiger partial charge is 0.0407 e. The zero-order valence-corrected chi connectivity index (χ0v) is 11.2. The monoisotopic (exact) mass is 252 g/mol. The summed E-state index contributed by atoms with van der Waals surface area (Å²) in [6.45, 7) is 2.29. The fourth-order valence-electron chi connectivity index (χ4n) is 2.34. The second-order valence-corrected chi connectivity index (χ2v) is 5.27. The van der Waals surface area contributed by atoms with Crippen LogP contribution in [-0.4, -0.2) is 26.2 Å². The van der Waals surface area contributed by atoms with Gasteiger partial charge in [-0.1, -0.05) is 18.0 Å². The number of piperidine rings is 1. The van der Waals surface area contributed by atoms with Crippen molar-refractivity contribution in [3.63, 3.8) is 0 Å². The normalized spacial score (nSPS) is 20.2. The van der Waals surface area contributed by atoms with Crippen molar-refractivity contribution in [3.05, 3.63) is 29.3 Å². The lowest BCUT2D eigenvalue weighted by molar-refractivity contribution is 0.384. The molecule has 0 bridgehead atoms. The molecule has 1 aliphatic heterocycles. The first-order valence-corrected chi connectivity index (χ1v) is 6.83. The molecule has 1 fully saturated rings. The summed E-state index contributed by atoms with van der Waals surface area (Å²) in [7, 11) is 2.14. The Bertz CT molecular complexity index is 331. The summed E-state index contributed by atoms with van der Waals surface area (Å²) < 4.78 is 0. The molecular formula is C14H21ClN2. The Labute approximate surface area is 109 Å². The fourth-order valence-corrected chi connectivity index (χ4v) is 2.47. The summed E-state index contributed by atoms with van der Waals surface area (Å²) in [5.74, 6) is 0. The highest BCUT2D eigenvalue weighted by Crippen LogP contribution is 2.18. The molecule has 1 atom stereocenters. The topological polar surface area (TPSA) is 15.3 Å². The molecule has 1 aromatic carbocycles. The van der Waals surface area contributed by atoms with Gasteiger partial charge in [0.1, 0.15) is 0 Å². The van der Waals surface area contributed by atoms with Crippen LogP contribution < -0.4 is 10.2 Å². The first kappa shape index (κ1) is 12.7. The number of hydrogen-bond donors (Lipinski definition) is 1. The van der Waals surface area contributed by atoms with Gasteiger partial charge in [-0.3, -0.25) is 0 Å². The maximum atomic E-state index is 5.89. The van der Waals surface area contributed by atoms with E-state index in [0.717, 1.165) is 11.6 Å². The molecule has 94 valence electrons. The van der Waals surface area contributed by atoms with E-state index in [2.05, 4.69) is 29.4 Å². The van der Waals surface area contributed by atoms with Crippen LogP contribution in [0.25, 0.3) is 0 Å². The van der Waals surface area contributed by atoms with E-state index in [-0.39, 0.29) is 0 Å². The van der Waals surface area contributed by atoms with Gasteiger partial charge in [-0.05, 0) is 50.1 Å². The SMILES string of the molecule is CN(CCC1CCCCN1)c1ccc(Cl)cc1. The number of hydrogen-bond acceptors (Lipinski definition) is 2. The number of benzene rings is 1. The number of anilines is 1. The minimum absolute atomic E-state index is 0.707. The molecule has 2 rings (SSSR count). The maximum Gasteiger partial charge on any atom is 0.0407 e. The molecule has 0 amide bonds. The van der Waals surface area contributed by atoms with Crippen LogP contribution >= 0.6 is 11.6 Å². The van der Waals surface area contributed by atoms with E-state index in [1.54, 1.807) is 0 Å². The van der Waals surface area contributed by atoms with Gasteiger partial charge in [-0.2, -0.15) is 0 Å². The zero-order valence-electron chi connectivity index (χ0n) is 10.5. The maximum absolute atomic E-state index is 5.89. The second-order valence-electron chi connectivity index (χ2n) is 4.83. The molecule has 0 radical (unpaired) electrons. The number of halogens is 1. The molecule has 2 nitrogen and oxygen atoms in total. The van der Waals surface area contributed by atoms with Gasteiger partial charge in [0, 0.05) is 30.3 Å². The van der Waals surface area contributed by atoms with Gasteiger partial charge in [0.05, 0.1) is 0 Å². The van der Waals surface area contributed by atoms with Crippen LogP contribution in [0, 0.1) is 0 Å². The van der Waals surface area contributed by atoms with Crippen molar-refractivity contribution >= 4 is 17.3 Å². The van der Waals surface area contributed by atoms with E-state index in [9.17, 15) is 0 Å². The molecule has 1 saturated heterocycles. The fraction of sp³-hybridized carbons (Fsp3) is 0.571. The third kappa shape index (κ3) is 3.90. The summed E-state index contributed by atoms with van der Waals surface area (Å²) >= 11 is 5.89. The van der Waals surface area contributed by atoms with E-state index in [1.807, 2.05) is 12.1 Å². The first-order chi connectivity index (χ1) is 8.25. The molecule has 1 aromatic rings. The molecule has 1 N–H and O–H groups in total. The predicted octanol–water partition coefficient (Wildman–Crippen LogP) is 3.31. The number of nitrogens with zero attached hydrogens (tertiary/aromatic N) is 1. The summed E-state index contributed by atoms with van der Waals surface area (Å²) in [6.07, 6.45) is 5.26. The lowest BCUT2D eigenvalue weighted by atomic mass is 10.0. The molecular weight excluding hydrogens is 232 g/mol. The Morgan fingerprint density at radius 3 is 2.71 bits per heavy atom. The van der Waals surface area contributed by atoms with Crippen LogP contribution in [0.5, 0.6) is 0 Å². The Morgan fingerprint density at radius 2 is 2.06 bits per heavy atom. The highest BCUT2D eigenvalue weighted by atomic mass is 35.5. The van der Waals surface area contributed by atoms with Crippen molar-refractivity contribution in [1.29, 1.82) is 0 Å². The van der Waals surface area contributed by atoms with Crippen molar-refractivity contribution in [2.24, 2.45) is 0 Å². The first-order valence-electron chi connectivity index (χ1n) is 6.46. The molecule has 1 aliphatic rings. The van der Waals surface area contributed by atoms with Gasteiger partial charge >= 0.3 is 0 Å². The summed E-state index contributed by atoms with van der Waals surface area (Å²) in [5.41, 5.74) is 1.24. The van der Waals surface area contributed by atoms with Gasteiger partial charge in [0.2, 0.25) is 0 Å². The van der Waals surface area contributed by atoms with Crippen molar-refractivity contribution in [2.75, 3.05) is 25.0 Å². The molecule has 0 saturated carbocycles. The highest BCUT2D eigenvalue weighted by molar-refractivity contribution is 6.30. The highest BCUT2D eigenvalue weighted by Gasteiger charge is 2.12. The summed E-state index contributed by atoms with van der Waals surface area (Å²) in [5, 5.41) is 4.39. The van der Waals surface area contributed by atoms with Gasteiger partial charge < -0.3 is 10.2 Å². The largest absolute Gasteiger partial charge is 0.375 e. The lowest BCUT2D eigenvalue weighted by Gasteiger charge is -2.26. The van der Waals surface area contributed by atoms with E-state index < -0.39 is 0 Å².